The van der Waals surface area contributed by atoms with E-state index in [2.05, 4.69) is 0 Å². The van der Waals surface area contributed by atoms with Crippen molar-refractivity contribution in [2.24, 2.45) is 5.41 Å². The van der Waals surface area contributed by atoms with Crippen LogP contribution in [0.25, 0.3) is 0 Å². The van der Waals surface area contributed by atoms with Crippen LogP contribution in [0.5, 0.6) is 0 Å². The predicted molar refractivity (Wildman–Crippen MR) is 54.0 cm³/mol. The Morgan fingerprint density at radius 2 is 2.14 bits per heavy atom. The van der Waals surface area contributed by atoms with Crippen molar-refractivity contribution in [1.29, 1.82) is 0 Å². The van der Waals surface area contributed by atoms with Crippen LogP contribution < -0.4 is 0 Å². The highest BCUT2D eigenvalue weighted by molar-refractivity contribution is 5.69. The molecule has 0 fully saturated rings. The maximum atomic E-state index is 10.7. The fourth-order valence-corrected chi connectivity index (χ4v) is 2.16. The molecule has 3 nitrogen and oxygen atoms in total. The number of allylic oxidation sites excluding steroid dienone is 1. The van der Waals surface area contributed by atoms with Crippen LogP contribution in [0.2, 0.25) is 0 Å². The van der Waals surface area contributed by atoms with Gasteiger partial charge in [0.15, 0.2) is 0 Å². The van der Waals surface area contributed by atoms with Crippen LogP contribution in [0.1, 0.15) is 40.0 Å². The Bertz CT molecular complexity index is 278. The summed E-state index contributed by atoms with van der Waals surface area (Å²) in [5, 5.41) is 19.2. The number of rotatable bonds is 2. The van der Waals surface area contributed by atoms with E-state index in [4.69, 9.17) is 5.11 Å². The van der Waals surface area contributed by atoms with Crippen molar-refractivity contribution >= 4 is 5.97 Å². The molecule has 1 aliphatic rings. The molecule has 3 heteroatoms. The zero-order valence-corrected chi connectivity index (χ0v) is 9.00. The van der Waals surface area contributed by atoms with E-state index in [1.165, 1.54) is 0 Å². The summed E-state index contributed by atoms with van der Waals surface area (Å²) < 4.78 is 0. The molecule has 0 spiro atoms. The highest BCUT2D eigenvalue weighted by Crippen LogP contribution is 2.46. The molecule has 1 rings (SSSR count). The first-order valence-corrected chi connectivity index (χ1v) is 4.91. The Morgan fingerprint density at radius 3 is 2.57 bits per heavy atom. The summed E-state index contributed by atoms with van der Waals surface area (Å²) >= 11 is 0. The van der Waals surface area contributed by atoms with Crippen LogP contribution in [0.4, 0.5) is 0 Å². The van der Waals surface area contributed by atoms with Crippen LogP contribution in [0, 0.1) is 5.41 Å². The standard InChI is InChI=1S/C11H18O3/c1-8-5-4-6-10(2,3)11(8,14)7-9(12)13/h5,14H,4,6-7H2,1-3H3,(H,12,13)/t11-/m1/s1. The minimum Gasteiger partial charge on any atom is -0.481 e. The molecule has 1 atom stereocenters. The van der Waals surface area contributed by atoms with E-state index >= 15 is 0 Å². The van der Waals surface area contributed by atoms with E-state index in [1.54, 1.807) is 0 Å². The number of hydrogen-bond acceptors (Lipinski definition) is 2. The fourth-order valence-electron chi connectivity index (χ4n) is 2.16. The van der Waals surface area contributed by atoms with Crippen LogP contribution in [-0.2, 0) is 4.79 Å². The number of hydrogen-bond donors (Lipinski definition) is 2. The molecule has 0 aromatic heterocycles. The maximum absolute atomic E-state index is 10.7. The van der Waals surface area contributed by atoms with Gasteiger partial charge in [0.25, 0.3) is 0 Å². The van der Waals surface area contributed by atoms with Crippen molar-refractivity contribution in [3.05, 3.63) is 11.6 Å². The van der Waals surface area contributed by atoms with Gasteiger partial charge < -0.3 is 10.2 Å². The number of carboxylic acids is 1. The zero-order valence-electron chi connectivity index (χ0n) is 9.00. The van der Waals surface area contributed by atoms with Gasteiger partial charge in [-0.3, -0.25) is 4.79 Å². The normalized spacial score (nSPS) is 31.0. The van der Waals surface area contributed by atoms with Crippen LogP contribution in [0.3, 0.4) is 0 Å². The van der Waals surface area contributed by atoms with Gasteiger partial charge in [0.05, 0.1) is 6.42 Å². The average Bonchev–Trinajstić information content (AvgIpc) is 1.99. The van der Waals surface area contributed by atoms with Crippen LogP contribution >= 0.6 is 0 Å². The summed E-state index contributed by atoms with van der Waals surface area (Å²) in [5.74, 6) is -0.949. The summed E-state index contributed by atoms with van der Waals surface area (Å²) in [7, 11) is 0. The third-order valence-electron chi connectivity index (χ3n) is 3.40. The van der Waals surface area contributed by atoms with Gasteiger partial charge >= 0.3 is 5.97 Å². The summed E-state index contributed by atoms with van der Waals surface area (Å²) in [6.07, 6.45) is 3.48. The molecule has 0 aliphatic heterocycles. The van der Waals surface area contributed by atoms with Gasteiger partial charge in [-0.05, 0) is 30.8 Å². The van der Waals surface area contributed by atoms with Crippen molar-refractivity contribution in [2.45, 2.75) is 45.6 Å². The van der Waals surface area contributed by atoms with Gasteiger partial charge in [-0.25, -0.2) is 0 Å². The minimum atomic E-state index is -1.18. The van der Waals surface area contributed by atoms with E-state index in [-0.39, 0.29) is 11.8 Å². The van der Waals surface area contributed by atoms with Gasteiger partial charge in [0.1, 0.15) is 5.60 Å². The second kappa shape index (κ2) is 3.39. The number of carbonyl (C=O) groups is 1. The Balaban J connectivity index is 3.05. The topological polar surface area (TPSA) is 57.5 Å². The molecule has 0 bridgehead atoms. The van der Waals surface area contributed by atoms with E-state index in [0.717, 1.165) is 18.4 Å². The Hall–Kier alpha value is -0.830. The molecule has 1 aliphatic carbocycles. The van der Waals surface area contributed by atoms with Gasteiger partial charge in [-0.2, -0.15) is 0 Å². The number of aliphatic hydroxyl groups is 1. The lowest BCUT2D eigenvalue weighted by molar-refractivity contribution is -0.146. The van der Waals surface area contributed by atoms with E-state index in [0.29, 0.717) is 0 Å². The Kier molecular flexibility index (Phi) is 2.72. The lowest BCUT2D eigenvalue weighted by Crippen LogP contribution is -2.49. The number of carboxylic acid groups (broad SMARTS) is 1. The molecule has 0 unspecified atom stereocenters. The molecule has 2 N–H and O–H groups in total. The molecular formula is C11H18O3. The molecule has 80 valence electrons. The van der Waals surface area contributed by atoms with E-state index in [9.17, 15) is 9.90 Å². The SMILES string of the molecule is CC1=CCCC(C)(C)[C@@]1(O)CC(=O)O. The van der Waals surface area contributed by atoms with E-state index in [1.807, 2.05) is 26.8 Å². The smallest absolute Gasteiger partial charge is 0.306 e. The van der Waals surface area contributed by atoms with Gasteiger partial charge in [0, 0.05) is 0 Å². The summed E-state index contributed by atoms with van der Waals surface area (Å²) in [5.41, 5.74) is -0.752. The summed E-state index contributed by atoms with van der Waals surface area (Å²) in [6, 6.07) is 0. The van der Waals surface area contributed by atoms with Gasteiger partial charge in [0.2, 0.25) is 0 Å². The third kappa shape index (κ3) is 1.69. The fraction of sp³-hybridized carbons (Fsp3) is 0.727. The van der Waals surface area contributed by atoms with Crippen molar-refractivity contribution in [2.75, 3.05) is 0 Å². The molecule has 0 saturated heterocycles. The molecule has 0 aromatic carbocycles. The van der Waals surface area contributed by atoms with Crippen molar-refractivity contribution in [3.8, 4) is 0 Å². The Labute approximate surface area is 84.4 Å². The Morgan fingerprint density at radius 1 is 1.57 bits per heavy atom. The summed E-state index contributed by atoms with van der Waals surface area (Å²) in [6.45, 7) is 5.66. The third-order valence-corrected chi connectivity index (χ3v) is 3.40. The molecule has 0 saturated carbocycles. The first-order valence-electron chi connectivity index (χ1n) is 4.91. The molecule has 0 amide bonds. The zero-order chi connectivity index (χ0) is 11.0. The second-order valence-electron chi connectivity index (χ2n) is 4.74. The summed E-state index contributed by atoms with van der Waals surface area (Å²) in [4.78, 5) is 10.7. The molecule has 14 heavy (non-hydrogen) atoms. The van der Waals surface area contributed by atoms with Gasteiger partial charge in [-0.1, -0.05) is 19.9 Å². The quantitative estimate of drug-likeness (QED) is 0.667. The first-order chi connectivity index (χ1) is 6.29. The molecular weight excluding hydrogens is 180 g/mol. The van der Waals surface area contributed by atoms with Crippen molar-refractivity contribution in [1.82, 2.24) is 0 Å². The van der Waals surface area contributed by atoms with Crippen molar-refractivity contribution < 1.29 is 15.0 Å². The van der Waals surface area contributed by atoms with Crippen LogP contribution in [0.15, 0.2) is 11.6 Å². The predicted octanol–water partition coefficient (Wildman–Crippen LogP) is 1.96. The van der Waals surface area contributed by atoms with Crippen LogP contribution in [-0.4, -0.2) is 21.8 Å². The largest absolute Gasteiger partial charge is 0.481 e. The van der Waals surface area contributed by atoms with Crippen molar-refractivity contribution in [3.63, 3.8) is 0 Å². The monoisotopic (exact) mass is 198 g/mol. The highest BCUT2D eigenvalue weighted by Gasteiger charge is 2.47. The highest BCUT2D eigenvalue weighted by atomic mass is 16.4. The first kappa shape index (κ1) is 11.2. The molecule has 0 aromatic rings. The number of aliphatic carboxylic acids is 1. The maximum Gasteiger partial charge on any atom is 0.306 e. The lowest BCUT2D eigenvalue weighted by atomic mass is 9.64. The van der Waals surface area contributed by atoms with E-state index < -0.39 is 11.6 Å². The second-order valence-corrected chi connectivity index (χ2v) is 4.74. The van der Waals surface area contributed by atoms with Gasteiger partial charge in [-0.15, -0.1) is 0 Å². The molecule has 0 radical (unpaired) electrons. The molecule has 0 heterocycles. The minimum absolute atomic E-state index is 0.206. The average molecular weight is 198 g/mol. The lowest BCUT2D eigenvalue weighted by Gasteiger charge is -2.45.